The molecular formula is C6H12N2O2. The molecule has 4 heteroatoms. The maximum Gasteiger partial charge on any atom is 0.259 e. The van der Waals surface area contributed by atoms with Gasteiger partial charge in [0.2, 0.25) is 0 Å². The lowest BCUT2D eigenvalue weighted by atomic mass is 10.4. The number of carbonyl (C=O) groups is 1. The second-order valence-electron chi connectivity index (χ2n) is 2.39. The van der Waals surface area contributed by atoms with Crippen molar-refractivity contribution in [1.29, 1.82) is 0 Å². The maximum absolute atomic E-state index is 10.6. The van der Waals surface area contributed by atoms with E-state index in [-0.39, 0.29) is 5.91 Å². The third kappa shape index (κ3) is 1.97. The first-order valence-electron chi connectivity index (χ1n) is 3.48. The van der Waals surface area contributed by atoms with E-state index in [0.29, 0.717) is 0 Å². The van der Waals surface area contributed by atoms with Gasteiger partial charge in [0.15, 0.2) is 0 Å². The average Bonchev–Trinajstić information content (AvgIpc) is 2.40. The van der Waals surface area contributed by atoms with Crippen LogP contribution in [0.5, 0.6) is 0 Å². The van der Waals surface area contributed by atoms with E-state index >= 15 is 0 Å². The Balaban J connectivity index is 2.17. The molecule has 4 nitrogen and oxygen atoms in total. The van der Waals surface area contributed by atoms with Crippen molar-refractivity contribution < 1.29 is 9.90 Å². The Bertz CT molecular complexity index is 121. The topological polar surface area (TPSA) is 52.6 Å². The molecule has 0 saturated carbocycles. The van der Waals surface area contributed by atoms with Crippen LogP contribution in [0.2, 0.25) is 0 Å². The van der Waals surface area contributed by atoms with Gasteiger partial charge in [-0.3, -0.25) is 10.2 Å². The monoisotopic (exact) mass is 144 g/mol. The number of nitrogens with zero attached hydrogens (tertiary/aromatic N) is 1. The van der Waals surface area contributed by atoms with Crippen LogP contribution < -0.4 is 5.43 Å². The van der Waals surface area contributed by atoms with Crippen molar-refractivity contribution in [3.05, 3.63) is 0 Å². The highest BCUT2D eigenvalue weighted by Gasteiger charge is 2.12. The first-order valence-corrected chi connectivity index (χ1v) is 3.48. The highest BCUT2D eigenvalue weighted by Crippen LogP contribution is 2.02. The van der Waals surface area contributed by atoms with Crippen LogP contribution in [0.1, 0.15) is 12.8 Å². The van der Waals surface area contributed by atoms with Gasteiger partial charge < -0.3 is 5.11 Å². The van der Waals surface area contributed by atoms with Crippen LogP contribution in [0.25, 0.3) is 0 Å². The molecule has 1 saturated heterocycles. The Morgan fingerprint density at radius 3 is 2.60 bits per heavy atom. The summed E-state index contributed by atoms with van der Waals surface area (Å²) in [6.45, 7) is 1.40. The first kappa shape index (κ1) is 7.50. The summed E-state index contributed by atoms with van der Waals surface area (Å²) in [7, 11) is 0. The van der Waals surface area contributed by atoms with Crippen molar-refractivity contribution in [1.82, 2.24) is 10.4 Å². The molecule has 0 radical (unpaired) electrons. The highest BCUT2D eigenvalue weighted by molar-refractivity contribution is 5.76. The lowest BCUT2D eigenvalue weighted by Crippen LogP contribution is -2.41. The second kappa shape index (κ2) is 3.53. The van der Waals surface area contributed by atoms with Crippen LogP contribution in [-0.4, -0.2) is 35.7 Å². The van der Waals surface area contributed by atoms with Gasteiger partial charge in [-0.25, -0.2) is 5.01 Å². The number of amides is 1. The number of carbonyl (C=O) groups excluding carboxylic acids is 1. The predicted molar refractivity (Wildman–Crippen MR) is 36.0 cm³/mol. The van der Waals surface area contributed by atoms with Crippen LogP contribution in [-0.2, 0) is 4.79 Å². The zero-order chi connectivity index (χ0) is 7.40. The summed E-state index contributed by atoms with van der Waals surface area (Å²) in [6, 6.07) is 0. The molecule has 0 aromatic heterocycles. The number of hydrazine groups is 1. The van der Waals surface area contributed by atoms with E-state index < -0.39 is 6.61 Å². The molecule has 0 bridgehead atoms. The second-order valence-corrected chi connectivity index (χ2v) is 2.39. The summed E-state index contributed by atoms with van der Waals surface area (Å²) in [5.74, 6) is -0.318. The Labute approximate surface area is 59.8 Å². The number of rotatable bonds is 2. The van der Waals surface area contributed by atoms with Gasteiger partial charge in [0.25, 0.3) is 5.91 Å². The van der Waals surface area contributed by atoms with Crippen molar-refractivity contribution in [2.45, 2.75) is 12.8 Å². The van der Waals surface area contributed by atoms with Crippen molar-refractivity contribution in [2.24, 2.45) is 0 Å². The van der Waals surface area contributed by atoms with Gasteiger partial charge >= 0.3 is 0 Å². The predicted octanol–water partition coefficient (Wildman–Crippen LogP) is -0.894. The zero-order valence-electron chi connectivity index (χ0n) is 5.84. The van der Waals surface area contributed by atoms with Gasteiger partial charge in [-0.2, -0.15) is 0 Å². The standard InChI is InChI=1S/C6H12N2O2/c9-5-6(10)7-8-3-1-2-4-8/h9H,1-5H2,(H,7,10). The SMILES string of the molecule is O=C(CO)NN1CCCC1. The van der Waals surface area contributed by atoms with E-state index in [2.05, 4.69) is 5.43 Å². The molecule has 1 aliphatic rings. The molecule has 0 spiro atoms. The normalized spacial score (nSPS) is 19.3. The van der Waals surface area contributed by atoms with Crippen molar-refractivity contribution in [2.75, 3.05) is 19.7 Å². The molecule has 0 aromatic carbocycles. The Kier molecular flexibility index (Phi) is 2.65. The summed E-state index contributed by atoms with van der Waals surface area (Å²) in [5, 5.41) is 10.2. The van der Waals surface area contributed by atoms with Crippen molar-refractivity contribution >= 4 is 5.91 Å². The van der Waals surface area contributed by atoms with Gasteiger partial charge in [-0.05, 0) is 12.8 Å². The Morgan fingerprint density at radius 2 is 2.10 bits per heavy atom. The van der Waals surface area contributed by atoms with E-state index in [0.717, 1.165) is 25.9 Å². The lowest BCUT2D eigenvalue weighted by Gasteiger charge is -2.14. The summed E-state index contributed by atoms with van der Waals surface area (Å²) in [6.07, 6.45) is 2.26. The van der Waals surface area contributed by atoms with Gasteiger partial charge in [-0.1, -0.05) is 0 Å². The van der Waals surface area contributed by atoms with Crippen molar-refractivity contribution in [3.63, 3.8) is 0 Å². The number of aliphatic hydroxyl groups excluding tert-OH is 1. The quantitative estimate of drug-likeness (QED) is 0.528. The molecule has 0 aliphatic carbocycles. The van der Waals surface area contributed by atoms with Crippen LogP contribution in [0.4, 0.5) is 0 Å². The molecule has 1 fully saturated rings. The maximum atomic E-state index is 10.6. The van der Waals surface area contributed by atoms with Gasteiger partial charge in [0, 0.05) is 13.1 Å². The number of hydrogen-bond acceptors (Lipinski definition) is 3. The lowest BCUT2D eigenvalue weighted by molar-refractivity contribution is -0.128. The Morgan fingerprint density at radius 1 is 1.50 bits per heavy atom. The summed E-state index contributed by atoms with van der Waals surface area (Å²) < 4.78 is 0. The van der Waals surface area contributed by atoms with Gasteiger partial charge in [0.05, 0.1) is 0 Å². The van der Waals surface area contributed by atoms with Gasteiger partial charge in [-0.15, -0.1) is 0 Å². The van der Waals surface area contributed by atoms with Crippen LogP contribution in [0.15, 0.2) is 0 Å². The van der Waals surface area contributed by atoms with E-state index in [1.54, 1.807) is 0 Å². The smallest absolute Gasteiger partial charge is 0.259 e. The fourth-order valence-electron chi connectivity index (χ4n) is 1.04. The minimum Gasteiger partial charge on any atom is -0.386 e. The molecule has 1 heterocycles. The summed E-state index contributed by atoms with van der Waals surface area (Å²) >= 11 is 0. The molecule has 1 aliphatic heterocycles. The minimum absolute atomic E-state index is 0.318. The van der Waals surface area contributed by atoms with Crippen molar-refractivity contribution in [3.8, 4) is 0 Å². The highest BCUT2D eigenvalue weighted by atomic mass is 16.3. The van der Waals surface area contributed by atoms with E-state index in [9.17, 15) is 4.79 Å². The largest absolute Gasteiger partial charge is 0.386 e. The average molecular weight is 144 g/mol. The molecule has 1 rings (SSSR count). The van der Waals surface area contributed by atoms with Crippen LogP contribution in [0.3, 0.4) is 0 Å². The number of aliphatic hydroxyl groups is 1. The molecule has 0 unspecified atom stereocenters. The number of nitrogens with one attached hydrogen (secondary N) is 1. The third-order valence-electron chi connectivity index (χ3n) is 1.53. The minimum atomic E-state index is -0.420. The van der Waals surface area contributed by atoms with E-state index in [1.165, 1.54) is 0 Å². The fourth-order valence-corrected chi connectivity index (χ4v) is 1.04. The van der Waals surface area contributed by atoms with Crippen LogP contribution in [0, 0.1) is 0 Å². The zero-order valence-corrected chi connectivity index (χ0v) is 5.84. The molecule has 0 aromatic rings. The first-order chi connectivity index (χ1) is 4.83. The molecule has 2 N–H and O–H groups in total. The molecule has 10 heavy (non-hydrogen) atoms. The summed E-state index contributed by atoms with van der Waals surface area (Å²) in [4.78, 5) is 10.6. The van der Waals surface area contributed by atoms with Gasteiger partial charge in [0.1, 0.15) is 6.61 Å². The molecule has 1 amide bonds. The fraction of sp³-hybridized carbons (Fsp3) is 0.833. The third-order valence-corrected chi connectivity index (χ3v) is 1.53. The van der Waals surface area contributed by atoms with Crippen LogP contribution >= 0.6 is 0 Å². The molecular weight excluding hydrogens is 132 g/mol. The Hall–Kier alpha value is -0.610. The van der Waals surface area contributed by atoms with E-state index in [4.69, 9.17) is 5.11 Å². The molecule has 58 valence electrons. The number of hydrogen-bond donors (Lipinski definition) is 2. The summed E-state index contributed by atoms with van der Waals surface area (Å²) in [5.41, 5.74) is 2.57. The van der Waals surface area contributed by atoms with E-state index in [1.807, 2.05) is 5.01 Å². The molecule has 0 atom stereocenters.